The molecule has 148 valence electrons. The number of carbonyl (C=O) groups excluding carboxylic acids is 1. The van der Waals surface area contributed by atoms with Gasteiger partial charge in [-0.05, 0) is 38.0 Å². The van der Waals surface area contributed by atoms with Crippen LogP contribution in [0, 0.1) is 10.8 Å². The molecular weight excluding hydrogens is 404 g/mol. The van der Waals surface area contributed by atoms with Crippen LogP contribution in [0.2, 0.25) is 0 Å². The first kappa shape index (κ1) is 19.4. The van der Waals surface area contributed by atoms with Crippen molar-refractivity contribution in [1.82, 2.24) is 9.80 Å². The fourth-order valence-corrected chi connectivity index (χ4v) is 6.47. The van der Waals surface area contributed by atoms with Crippen molar-refractivity contribution in [1.29, 1.82) is 0 Å². The Balaban J connectivity index is 1.75. The Labute approximate surface area is 171 Å². The Kier molecular flexibility index (Phi) is 5.15. The van der Waals surface area contributed by atoms with Crippen LogP contribution in [0.4, 0.5) is 0 Å². The van der Waals surface area contributed by atoms with Gasteiger partial charge in [-0.2, -0.15) is 0 Å². The zero-order valence-electron chi connectivity index (χ0n) is 16.8. The molecule has 4 fully saturated rings. The molecule has 0 aliphatic carbocycles. The molecule has 0 amide bonds. The molecule has 1 aromatic carbocycles. The van der Waals surface area contributed by atoms with E-state index in [2.05, 4.69) is 57.8 Å². The van der Waals surface area contributed by atoms with Crippen molar-refractivity contribution in [2.45, 2.75) is 52.6 Å². The number of piperidine rings is 2. The summed E-state index contributed by atoms with van der Waals surface area (Å²) in [6, 6.07) is 6.33. The van der Waals surface area contributed by atoms with Gasteiger partial charge in [0.25, 0.3) is 0 Å². The average molecular weight is 435 g/mol. The molecule has 0 unspecified atom stereocenters. The summed E-state index contributed by atoms with van der Waals surface area (Å²) in [5, 5.41) is 0. The van der Waals surface area contributed by atoms with Crippen molar-refractivity contribution in [2.75, 3.05) is 32.8 Å². The monoisotopic (exact) mass is 434 g/mol. The number of carbonyl (C=O) groups is 1. The highest BCUT2D eigenvalue weighted by Crippen LogP contribution is 2.56. The largest absolute Gasteiger partial charge is 0.493 e. The van der Waals surface area contributed by atoms with Gasteiger partial charge in [0, 0.05) is 36.2 Å². The SMILES string of the molecule is CCCC12CN3CC(CCC)(CN(C1)C3c1cc(Br)ccc1OCC)C2=O. The molecule has 4 aliphatic rings. The van der Waals surface area contributed by atoms with Crippen LogP contribution in [-0.2, 0) is 4.79 Å². The van der Waals surface area contributed by atoms with E-state index in [1.54, 1.807) is 0 Å². The lowest BCUT2D eigenvalue weighted by Crippen LogP contribution is -2.76. The predicted octanol–water partition coefficient (Wildman–Crippen LogP) is 4.63. The second-order valence-electron chi connectivity index (χ2n) is 8.69. The van der Waals surface area contributed by atoms with E-state index in [4.69, 9.17) is 4.74 Å². The smallest absolute Gasteiger partial charge is 0.150 e. The summed E-state index contributed by atoms with van der Waals surface area (Å²) in [6.07, 6.45) is 4.37. The van der Waals surface area contributed by atoms with E-state index < -0.39 is 0 Å². The summed E-state index contributed by atoms with van der Waals surface area (Å²) in [6.45, 7) is 10.7. The summed E-state index contributed by atoms with van der Waals surface area (Å²) in [4.78, 5) is 18.7. The van der Waals surface area contributed by atoms with E-state index in [1.807, 2.05) is 6.92 Å². The van der Waals surface area contributed by atoms with Crippen LogP contribution in [-0.4, -0.2) is 48.4 Å². The second-order valence-corrected chi connectivity index (χ2v) is 9.60. The lowest BCUT2D eigenvalue weighted by molar-refractivity contribution is -0.205. The van der Waals surface area contributed by atoms with Gasteiger partial charge in [-0.3, -0.25) is 14.6 Å². The van der Waals surface area contributed by atoms with Gasteiger partial charge in [0.2, 0.25) is 0 Å². The van der Waals surface area contributed by atoms with Gasteiger partial charge in [0.05, 0.1) is 23.6 Å². The third-order valence-electron chi connectivity index (χ3n) is 6.69. The number of benzene rings is 1. The number of nitrogens with zero attached hydrogens (tertiary/aromatic N) is 2. The highest BCUT2D eigenvalue weighted by molar-refractivity contribution is 9.10. The van der Waals surface area contributed by atoms with Gasteiger partial charge in [0.15, 0.2) is 0 Å². The third kappa shape index (κ3) is 2.97. The predicted molar refractivity (Wildman–Crippen MR) is 111 cm³/mol. The van der Waals surface area contributed by atoms with E-state index in [0.717, 1.165) is 62.1 Å². The number of hydrogen-bond donors (Lipinski definition) is 0. The molecule has 4 nitrogen and oxygen atoms in total. The third-order valence-corrected chi connectivity index (χ3v) is 7.18. The van der Waals surface area contributed by atoms with Crippen molar-refractivity contribution < 1.29 is 9.53 Å². The fourth-order valence-electron chi connectivity index (χ4n) is 6.10. The van der Waals surface area contributed by atoms with Gasteiger partial charge in [-0.1, -0.05) is 42.6 Å². The number of halogens is 1. The van der Waals surface area contributed by atoms with Crippen LogP contribution in [0.5, 0.6) is 5.75 Å². The Hall–Kier alpha value is -0.910. The van der Waals surface area contributed by atoms with Gasteiger partial charge in [-0.15, -0.1) is 0 Å². The first-order valence-corrected chi connectivity index (χ1v) is 11.2. The van der Waals surface area contributed by atoms with Crippen molar-refractivity contribution in [2.24, 2.45) is 10.8 Å². The lowest BCUT2D eigenvalue weighted by Gasteiger charge is -2.66. The number of rotatable bonds is 7. The minimum Gasteiger partial charge on any atom is -0.493 e. The molecule has 0 radical (unpaired) electrons. The fraction of sp³-hybridized carbons (Fsp3) is 0.682. The van der Waals surface area contributed by atoms with Gasteiger partial charge in [-0.25, -0.2) is 0 Å². The minimum atomic E-state index is -0.172. The molecule has 27 heavy (non-hydrogen) atoms. The van der Waals surface area contributed by atoms with E-state index >= 15 is 0 Å². The molecule has 0 atom stereocenters. The summed E-state index contributed by atoms with van der Waals surface area (Å²) >= 11 is 3.65. The minimum absolute atomic E-state index is 0.172. The molecule has 0 spiro atoms. The lowest BCUT2D eigenvalue weighted by atomic mass is 9.57. The average Bonchev–Trinajstić information content (AvgIpc) is 2.61. The molecule has 5 rings (SSSR count). The normalized spacial score (nSPS) is 37.0. The molecule has 4 saturated heterocycles. The maximum Gasteiger partial charge on any atom is 0.150 e. The Morgan fingerprint density at radius 1 is 1.04 bits per heavy atom. The van der Waals surface area contributed by atoms with Gasteiger partial charge < -0.3 is 4.74 Å². The molecule has 1 aromatic rings. The van der Waals surface area contributed by atoms with Crippen LogP contribution in [0.15, 0.2) is 22.7 Å². The molecule has 0 aromatic heterocycles. The van der Waals surface area contributed by atoms with Gasteiger partial charge >= 0.3 is 0 Å². The zero-order valence-corrected chi connectivity index (χ0v) is 18.3. The molecule has 4 aliphatic heterocycles. The number of hydrogen-bond acceptors (Lipinski definition) is 4. The van der Waals surface area contributed by atoms with Gasteiger partial charge in [0.1, 0.15) is 11.5 Å². The van der Waals surface area contributed by atoms with Crippen molar-refractivity contribution in [3.8, 4) is 5.75 Å². The Morgan fingerprint density at radius 3 is 2.07 bits per heavy atom. The quantitative estimate of drug-likeness (QED) is 0.625. The van der Waals surface area contributed by atoms with E-state index in [1.165, 1.54) is 5.56 Å². The molecule has 4 heterocycles. The first-order valence-electron chi connectivity index (χ1n) is 10.4. The standard InChI is InChI=1S/C22H31BrN2O2/c1-4-9-21-12-24-14-22(10-5-2,20(21)26)15-25(13-21)19(24)17-11-16(23)7-8-18(17)27-6-3/h7-8,11,19H,4-6,9-10,12-15H2,1-3H3. The van der Waals surface area contributed by atoms with E-state index in [9.17, 15) is 4.79 Å². The summed E-state index contributed by atoms with van der Waals surface area (Å²) in [7, 11) is 0. The summed E-state index contributed by atoms with van der Waals surface area (Å²) in [5.74, 6) is 1.53. The number of Topliss-reactive ketones (excluding diaryl/α,β-unsaturated/α-hetero) is 1. The Morgan fingerprint density at radius 2 is 1.59 bits per heavy atom. The van der Waals surface area contributed by atoms with Crippen LogP contribution in [0.3, 0.4) is 0 Å². The van der Waals surface area contributed by atoms with Crippen LogP contribution in [0.25, 0.3) is 0 Å². The zero-order chi connectivity index (χ0) is 19.2. The molecule has 5 heteroatoms. The van der Waals surface area contributed by atoms with Crippen LogP contribution in [0.1, 0.15) is 58.2 Å². The highest BCUT2D eigenvalue weighted by atomic mass is 79.9. The van der Waals surface area contributed by atoms with Crippen LogP contribution >= 0.6 is 15.9 Å². The Bertz CT molecular complexity index is 691. The van der Waals surface area contributed by atoms with E-state index in [-0.39, 0.29) is 17.0 Å². The van der Waals surface area contributed by atoms with Crippen molar-refractivity contribution in [3.05, 3.63) is 28.2 Å². The maximum atomic E-state index is 13.6. The summed E-state index contributed by atoms with van der Waals surface area (Å²) < 4.78 is 7.06. The summed E-state index contributed by atoms with van der Waals surface area (Å²) in [5.41, 5.74) is 0.888. The molecule has 0 saturated carbocycles. The molecular formula is C22H31BrN2O2. The topological polar surface area (TPSA) is 32.8 Å². The maximum absolute atomic E-state index is 13.6. The number of ether oxygens (including phenoxy) is 1. The van der Waals surface area contributed by atoms with Crippen molar-refractivity contribution in [3.63, 3.8) is 0 Å². The van der Waals surface area contributed by atoms with Crippen LogP contribution < -0.4 is 4.74 Å². The molecule has 4 bridgehead atoms. The highest BCUT2D eigenvalue weighted by Gasteiger charge is 2.64. The van der Waals surface area contributed by atoms with E-state index in [0.29, 0.717) is 12.4 Å². The first-order chi connectivity index (χ1) is 13.0. The number of ketones is 1. The van der Waals surface area contributed by atoms with Crippen molar-refractivity contribution >= 4 is 21.7 Å². The molecule has 0 N–H and O–H groups in total. The second kappa shape index (κ2) is 7.16.